The predicted molar refractivity (Wildman–Crippen MR) is 109 cm³/mol. The van der Waals surface area contributed by atoms with Crippen molar-refractivity contribution in [1.29, 1.82) is 0 Å². The number of oxazole rings is 1. The summed E-state index contributed by atoms with van der Waals surface area (Å²) < 4.78 is 5.18. The van der Waals surface area contributed by atoms with Gasteiger partial charge in [0.05, 0.1) is 6.20 Å². The van der Waals surface area contributed by atoms with Crippen LogP contribution in [0.3, 0.4) is 0 Å². The van der Waals surface area contributed by atoms with E-state index in [4.69, 9.17) is 4.42 Å². The van der Waals surface area contributed by atoms with Crippen LogP contribution in [0, 0.1) is 0 Å². The molecule has 2 aromatic carbocycles. The zero-order valence-corrected chi connectivity index (χ0v) is 15.6. The highest BCUT2D eigenvalue weighted by Crippen LogP contribution is 2.37. The van der Waals surface area contributed by atoms with Crippen LogP contribution in [0.4, 0.5) is 11.7 Å². The summed E-state index contributed by atoms with van der Waals surface area (Å²) in [5.41, 5.74) is 5.67. The smallest absolute Gasteiger partial charge is 0.302 e. The molecule has 2 aromatic heterocycles. The zero-order valence-electron chi connectivity index (χ0n) is 15.6. The average Bonchev–Trinajstić information content (AvgIpc) is 3.38. The summed E-state index contributed by atoms with van der Waals surface area (Å²) in [4.78, 5) is 36.3. The Bertz CT molecular complexity index is 1270. The second kappa shape index (κ2) is 7.25. The van der Waals surface area contributed by atoms with Gasteiger partial charge in [0, 0.05) is 18.1 Å². The van der Waals surface area contributed by atoms with Crippen LogP contribution in [0.5, 0.6) is 0 Å². The molecular formula is C22H15N5O3. The Hall–Kier alpha value is -4.33. The molecule has 0 unspecified atom stereocenters. The number of amides is 2. The molecule has 2 heterocycles. The minimum absolute atomic E-state index is 0.0493. The van der Waals surface area contributed by atoms with Gasteiger partial charge in [-0.05, 0) is 40.8 Å². The number of anilines is 2. The van der Waals surface area contributed by atoms with E-state index in [1.165, 1.54) is 41.5 Å². The molecule has 30 heavy (non-hydrogen) atoms. The molecule has 2 amide bonds. The average molecular weight is 397 g/mol. The molecule has 4 aromatic rings. The van der Waals surface area contributed by atoms with Crippen LogP contribution in [-0.2, 0) is 6.42 Å². The Balaban J connectivity index is 1.28. The van der Waals surface area contributed by atoms with Crippen molar-refractivity contribution in [3.05, 3.63) is 89.8 Å². The summed E-state index contributed by atoms with van der Waals surface area (Å²) in [7, 11) is 0. The predicted octanol–water partition coefficient (Wildman–Crippen LogP) is 3.54. The molecule has 0 atom stereocenters. The highest BCUT2D eigenvalue weighted by molar-refractivity contribution is 6.04. The largest absolute Gasteiger partial charge is 0.431 e. The maximum atomic E-state index is 12.5. The van der Waals surface area contributed by atoms with E-state index < -0.39 is 11.8 Å². The fourth-order valence-electron chi connectivity index (χ4n) is 3.43. The van der Waals surface area contributed by atoms with Crippen LogP contribution >= 0.6 is 0 Å². The fourth-order valence-corrected chi connectivity index (χ4v) is 3.43. The molecular weight excluding hydrogens is 382 g/mol. The van der Waals surface area contributed by atoms with E-state index >= 15 is 0 Å². The van der Waals surface area contributed by atoms with E-state index in [0.29, 0.717) is 5.69 Å². The van der Waals surface area contributed by atoms with Crippen molar-refractivity contribution in [3.8, 4) is 11.1 Å². The molecule has 0 aliphatic heterocycles. The first-order valence-corrected chi connectivity index (χ1v) is 9.23. The lowest BCUT2D eigenvalue weighted by Crippen LogP contribution is -2.15. The zero-order chi connectivity index (χ0) is 20.5. The molecule has 146 valence electrons. The van der Waals surface area contributed by atoms with Gasteiger partial charge in [-0.3, -0.25) is 19.9 Å². The van der Waals surface area contributed by atoms with Crippen LogP contribution in [0.2, 0.25) is 0 Å². The molecule has 8 nitrogen and oxygen atoms in total. The van der Waals surface area contributed by atoms with Gasteiger partial charge < -0.3 is 9.73 Å². The third-order valence-electron chi connectivity index (χ3n) is 4.80. The Morgan fingerprint density at radius 1 is 0.900 bits per heavy atom. The SMILES string of the molecule is O=C(Nc1ccc2c(c1)Cc1ccccc1-2)c1coc(NC(=O)c2cnccn2)n1. The Morgan fingerprint density at radius 2 is 1.73 bits per heavy atom. The highest BCUT2D eigenvalue weighted by atomic mass is 16.4. The van der Waals surface area contributed by atoms with E-state index in [9.17, 15) is 9.59 Å². The molecule has 1 aliphatic carbocycles. The van der Waals surface area contributed by atoms with Crippen molar-refractivity contribution in [1.82, 2.24) is 15.0 Å². The quantitative estimate of drug-likeness (QED) is 0.480. The number of fused-ring (bicyclic) bond motifs is 3. The lowest BCUT2D eigenvalue weighted by atomic mass is 10.1. The summed E-state index contributed by atoms with van der Waals surface area (Å²) >= 11 is 0. The van der Waals surface area contributed by atoms with Gasteiger partial charge in [-0.25, -0.2) is 4.98 Å². The first kappa shape index (κ1) is 17.7. The lowest BCUT2D eigenvalue weighted by Gasteiger charge is -2.06. The standard InChI is InChI=1S/C22H15N5O3/c28-20(18-11-23-7-8-24-18)27-22-26-19(12-30-22)21(29)25-15-5-6-17-14(10-15)9-13-3-1-2-4-16(13)17/h1-8,10-12H,9H2,(H,25,29)(H,26,27,28). The Labute approximate surface area is 171 Å². The van der Waals surface area contributed by atoms with E-state index in [1.807, 2.05) is 30.3 Å². The Morgan fingerprint density at radius 3 is 2.60 bits per heavy atom. The molecule has 0 spiro atoms. The van der Waals surface area contributed by atoms with Gasteiger partial charge in [0.1, 0.15) is 12.0 Å². The van der Waals surface area contributed by atoms with Gasteiger partial charge in [0.2, 0.25) is 0 Å². The molecule has 2 N–H and O–H groups in total. The lowest BCUT2D eigenvalue weighted by molar-refractivity contribution is 0.101. The van der Waals surface area contributed by atoms with Gasteiger partial charge in [0.15, 0.2) is 5.69 Å². The molecule has 0 saturated heterocycles. The van der Waals surface area contributed by atoms with Crippen molar-refractivity contribution in [2.45, 2.75) is 6.42 Å². The first-order valence-electron chi connectivity index (χ1n) is 9.23. The number of aromatic nitrogens is 3. The number of carbonyl (C=O) groups is 2. The van der Waals surface area contributed by atoms with E-state index in [1.54, 1.807) is 0 Å². The summed E-state index contributed by atoms with van der Waals surface area (Å²) in [5.74, 6) is -0.968. The number of nitrogens with one attached hydrogen (secondary N) is 2. The summed E-state index contributed by atoms with van der Waals surface area (Å²) in [5, 5.41) is 5.26. The minimum Gasteiger partial charge on any atom is -0.431 e. The number of hydrogen-bond donors (Lipinski definition) is 2. The normalized spacial score (nSPS) is 11.5. The second-order valence-electron chi connectivity index (χ2n) is 6.74. The van der Waals surface area contributed by atoms with Crippen LogP contribution in [0.1, 0.15) is 32.1 Å². The van der Waals surface area contributed by atoms with Gasteiger partial charge in [-0.15, -0.1) is 0 Å². The second-order valence-corrected chi connectivity index (χ2v) is 6.74. The van der Waals surface area contributed by atoms with E-state index in [-0.39, 0.29) is 17.4 Å². The van der Waals surface area contributed by atoms with E-state index in [2.05, 4.69) is 37.7 Å². The number of benzene rings is 2. The molecule has 1 aliphatic rings. The van der Waals surface area contributed by atoms with E-state index in [0.717, 1.165) is 12.0 Å². The monoisotopic (exact) mass is 397 g/mol. The van der Waals surface area contributed by atoms with Gasteiger partial charge >= 0.3 is 6.01 Å². The topological polar surface area (TPSA) is 110 Å². The summed E-state index contributed by atoms with van der Waals surface area (Å²) in [6, 6.07) is 14.0. The summed E-state index contributed by atoms with van der Waals surface area (Å²) in [6.45, 7) is 0. The fraction of sp³-hybridized carbons (Fsp3) is 0.0455. The van der Waals surface area contributed by atoms with Crippen molar-refractivity contribution in [2.24, 2.45) is 0 Å². The summed E-state index contributed by atoms with van der Waals surface area (Å²) in [6.07, 6.45) is 6.20. The molecule has 5 rings (SSSR count). The van der Waals surface area contributed by atoms with Crippen LogP contribution in [0.25, 0.3) is 11.1 Å². The maximum Gasteiger partial charge on any atom is 0.302 e. The van der Waals surface area contributed by atoms with Crippen molar-refractivity contribution in [2.75, 3.05) is 10.6 Å². The molecule has 0 bridgehead atoms. The Kier molecular flexibility index (Phi) is 4.29. The van der Waals surface area contributed by atoms with Crippen LogP contribution in [-0.4, -0.2) is 26.8 Å². The third-order valence-corrected chi connectivity index (χ3v) is 4.80. The van der Waals surface area contributed by atoms with Crippen molar-refractivity contribution < 1.29 is 14.0 Å². The highest BCUT2D eigenvalue weighted by Gasteiger charge is 2.19. The first-order chi connectivity index (χ1) is 14.7. The minimum atomic E-state index is -0.532. The van der Waals surface area contributed by atoms with Gasteiger partial charge in [0.25, 0.3) is 11.8 Å². The number of carbonyl (C=O) groups excluding carboxylic acids is 2. The van der Waals surface area contributed by atoms with Crippen molar-refractivity contribution >= 4 is 23.5 Å². The van der Waals surface area contributed by atoms with Gasteiger partial charge in [-0.1, -0.05) is 30.3 Å². The third kappa shape index (κ3) is 3.30. The van der Waals surface area contributed by atoms with Crippen molar-refractivity contribution in [3.63, 3.8) is 0 Å². The van der Waals surface area contributed by atoms with Crippen LogP contribution < -0.4 is 10.6 Å². The number of hydrogen-bond acceptors (Lipinski definition) is 6. The molecule has 0 radical (unpaired) electrons. The number of nitrogens with zero attached hydrogens (tertiary/aromatic N) is 3. The molecule has 0 saturated carbocycles. The maximum absolute atomic E-state index is 12.5. The number of rotatable bonds is 4. The molecule has 0 fully saturated rings. The van der Waals surface area contributed by atoms with Crippen LogP contribution in [0.15, 0.2) is 71.7 Å². The van der Waals surface area contributed by atoms with Gasteiger partial charge in [-0.2, -0.15) is 4.98 Å². The molecule has 8 heteroatoms.